The Bertz CT molecular complexity index is 547. The standard InChI is InChI=1S/C12H19FN2O2S2/c1-4-18-7-9(3)15-19(16,17)12-6-11(14)8(2)5-10(12)13/h5-6,9,15H,4,7,14H2,1-3H3. The fourth-order valence-corrected chi connectivity index (χ4v) is 3.65. The predicted octanol–water partition coefficient (Wildman–Crippen LogP) is 2.14. The molecular weight excluding hydrogens is 287 g/mol. The van der Waals surface area contributed by atoms with Gasteiger partial charge in [0.25, 0.3) is 0 Å². The summed E-state index contributed by atoms with van der Waals surface area (Å²) in [5.74, 6) is 0.755. The van der Waals surface area contributed by atoms with Crippen LogP contribution in [0.1, 0.15) is 19.4 Å². The summed E-state index contributed by atoms with van der Waals surface area (Å²) < 4.78 is 40.3. The van der Waals surface area contributed by atoms with Crippen LogP contribution >= 0.6 is 11.8 Å². The van der Waals surface area contributed by atoms with Crippen LogP contribution in [0, 0.1) is 12.7 Å². The first-order valence-corrected chi connectivity index (χ1v) is 8.57. The quantitative estimate of drug-likeness (QED) is 0.790. The monoisotopic (exact) mass is 306 g/mol. The first-order valence-electron chi connectivity index (χ1n) is 5.93. The van der Waals surface area contributed by atoms with E-state index in [0.29, 0.717) is 11.3 Å². The highest BCUT2D eigenvalue weighted by Crippen LogP contribution is 2.21. The molecule has 4 nitrogen and oxygen atoms in total. The molecule has 19 heavy (non-hydrogen) atoms. The van der Waals surface area contributed by atoms with E-state index in [9.17, 15) is 12.8 Å². The minimum Gasteiger partial charge on any atom is -0.398 e. The minimum absolute atomic E-state index is 0.261. The van der Waals surface area contributed by atoms with Crippen LogP contribution in [0.3, 0.4) is 0 Å². The van der Waals surface area contributed by atoms with Gasteiger partial charge in [-0.3, -0.25) is 0 Å². The molecule has 1 unspecified atom stereocenters. The second kappa shape index (κ2) is 6.58. The fraction of sp³-hybridized carbons (Fsp3) is 0.500. The fourth-order valence-electron chi connectivity index (χ4n) is 1.53. The number of nitrogen functional groups attached to an aromatic ring is 1. The Labute approximate surface area is 118 Å². The van der Waals surface area contributed by atoms with Gasteiger partial charge in [0.15, 0.2) is 0 Å². The number of hydrogen-bond donors (Lipinski definition) is 2. The summed E-state index contributed by atoms with van der Waals surface area (Å²) in [5.41, 5.74) is 6.42. The number of thioether (sulfide) groups is 1. The zero-order valence-electron chi connectivity index (χ0n) is 11.2. The molecule has 0 heterocycles. The Morgan fingerprint density at radius 2 is 2.11 bits per heavy atom. The van der Waals surface area contributed by atoms with Gasteiger partial charge in [0.1, 0.15) is 10.7 Å². The number of nitrogens with one attached hydrogen (secondary N) is 1. The van der Waals surface area contributed by atoms with Crippen LogP contribution in [-0.4, -0.2) is 26.0 Å². The van der Waals surface area contributed by atoms with Crippen LogP contribution in [0.5, 0.6) is 0 Å². The van der Waals surface area contributed by atoms with Crippen molar-refractivity contribution in [1.29, 1.82) is 0 Å². The number of hydrogen-bond acceptors (Lipinski definition) is 4. The maximum Gasteiger partial charge on any atom is 0.243 e. The zero-order valence-corrected chi connectivity index (χ0v) is 12.9. The molecule has 7 heteroatoms. The Hall–Kier alpha value is -0.790. The Morgan fingerprint density at radius 1 is 1.47 bits per heavy atom. The van der Waals surface area contributed by atoms with Crippen LogP contribution < -0.4 is 10.5 Å². The number of aryl methyl sites for hydroxylation is 1. The zero-order chi connectivity index (χ0) is 14.6. The van der Waals surface area contributed by atoms with Gasteiger partial charge in [-0.25, -0.2) is 17.5 Å². The third-order valence-electron chi connectivity index (χ3n) is 2.54. The number of anilines is 1. The second-order valence-electron chi connectivity index (χ2n) is 4.32. The van der Waals surface area contributed by atoms with E-state index in [0.717, 1.165) is 17.9 Å². The van der Waals surface area contributed by atoms with E-state index in [1.807, 2.05) is 6.92 Å². The van der Waals surface area contributed by atoms with Crippen molar-refractivity contribution in [2.75, 3.05) is 17.2 Å². The highest BCUT2D eigenvalue weighted by atomic mass is 32.2. The number of benzene rings is 1. The van der Waals surface area contributed by atoms with Gasteiger partial charge in [0.2, 0.25) is 10.0 Å². The van der Waals surface area contributed by atoms with E-state index >= 15 is 0 Å². The second-order valence-corrected chi connectivity index (χ2v) is 7.32. The molecule has 3 N–H and O–H groups in total. The molecule has 0 aliphatic rings. The minimum atomic E-state index is -3.88. The van der Waals surface area contributed by atoms with Crippen molar-refractivity contribution in [3.05, 3.63) is 23.5 Å². The predicted molar refractivity (Wildman–Crippen MR) is 78.3 cm³/mol. The van der Waals surface area contributed by atoms with E-state index in [1.165, 1.54) is 0 Å². The lowest BCUT2D eigenvalue weighted by Crippen LogP contribution is -2.34. The van der Waals surface area contributed by atoms with Crippen LogP contribution in [0.25, 0.3) is 0 Å². The molecule has 0 aromatic heterocycles. The lowest BCUT2D eigenvalue weighted by molar-refractivity contribution is 0.549. The number of halogens is 1. The largest absolute Gasteiger partial charge is 0.398 e. The molecule has 0 saturated carbocycles. The third kappa shape index (κ3) is 4.36. The highest BCUT2D eigenvalue weighted by Gasteiger charge is 2.22. The Morgan fingerprint density at radius 3 is 2.68 bits per heavy atom. The molecule has 0 aliphatic heterocycles. The van der Waals surface area contributed by atoms with Crippen molar-refractivity contribution in [1.82, 2.24) is 4.72 Å². The van der Waals surface area contributed by atoms with Crippen LogP contribution in [0.15, 0.2) is 17.0 Å². The molecule has 0 aliphatic carbocycles. The summed E-state index contributed by atoms with van der Waals surface area (Å²) in [6, 6.07) is 2.03. The number of nitrogens with two attached hydrogens (primary N) is 1. The molecule has 0 fully saturated rings. The number of rotatable bonds is 6. The molecule has 1 atom stereocenters. The normalized spacial score (nSPS) is 13.5. The molecule has 1 rings (SSSR count). The maximum absolute atomic E-state index is 13.7. The lowest BCUT2D eigenvalue weighted by Gasteiger charge is -2.14. The summed E-state index contributed by atoms with van der Waals surface area (Å²) in [6.07, 6.45) is 0. The summed E-state index contributed by atoms with van der Waals surface area (Å²) in [7, 11) is -3.88. The molecule has 0 saturated heterocycles. The molecule has 0 amide bonds. The topological polar surface area (TPSA) is 72.2 Å². The van der Waals surface area contributed by atoms with Crippen LogP contribution in [0.4, 0.5) is 10.1 Å². The third-order valence-corrected chi connectivity index (χ3v) is 5.29. The van der Waals surface area contributed by atoms with Gasteiger partial charge in [-0.2, -0.15) is 11.8 Å². The van der Waals surface area contributed by atoms with Crippen molar-refractivity contribution in [2.24, 2.45) is 0 Å². The number of sulfonamides is 1. The SMILES string of the molecule is CCSCC(C)NS(=O)(=O)c1cc(N)c(C)cc1F. The highest BCUT2D eigenvalue weighted by molar-refractivity contribution is 7.99. The van der Waals surface area contributed by atoms with Gasteiger partial charge in [0, 0.05) is 17.5 Å². The van der Waals surface area contributed by atoms with Gasteiger partial charge in [-0.05, 0) is 37.3 Å². The van der Waals surface area contributed by atoms with Crippen molar-refractivity contribution in [2.45, 2.75) is 31.7 Å². The molecule has 0 bridgehead atoms. The first-order chi connectivity index (χ1) is 8.77. The van der Waals surface area contributed by atoms with Crippen molar-refractivity contribution in [3.8, 4) is 0 Å². The maximum atomic E-state index is 13.7. The first kappa shape index (κ1) is 16.3. The van der Waals surface area contributed by atoms with Gasteiger partial charge >= 0.3 is 0 Å². The van der Waals surface area contributed by atoms with Gasteiger partial charge in [-0.1, -0.05) is 6.92 Å². The smallest absolute Gasteiger partial charge is 0.243 e. The molecule has 0 spiro atoms. The van der Waals surface area contributed by atoms with Gasteiger partial charge < -0.3 is 5.73 Å². The average molecular weight is 306 g/mol. The van der Waals surface area contributed by atoms with Crippen molar-refractivity contribution in [3.63, 3.8) is 0 Å². The van der Waals surface area contributed by atoms with Crippen molar-refractivity contribution >= 4 is 27.5 Å². The van der Waals surface area contributed by atoms with E-state index in [4.69, 9.17) is 5.73 Å². The van der Waals surface area contributed by atoms with Crippen LogP contribution in [0.2, 0.25) is 0 Å². The van der Waals surface area contributed by atoms with E-state index in [-0.39, 0.29) is 11.7 Å². The van der Waals surface area contributed by atoms with Crippen LogP contribution in [-0.2, 0) is 10.0 Å². The van der Waals surface area contributed by atoms with Gasteiger partial charge in [-0.15, -0.1) is 0 Å². The molecule has 1 aromatic carbocycles. The molecule has 1 aromatic rings. The summed E-state index contributed by atoms with van der Waals surface area (Å²) >= 11 is 1.62. The molecule has 108 valence electrons. The van der Waals surface area contributed by atoms with E-state index < -0.39 is 20.7 Å². The summed E-state index contributed by atoms with van der Waals surface area (Å²) in [4.78, 5) is -0.399. The average Bonchev–Trinajstić information content (AvgIpc) is 2.30. The Kier molecular flexibility index (Phi) is 5.64. The lowest BCUT2D eigenvalue weighted by atomic mass is 10.2. The van der Waals surface area contributed by atoms with Crippen molar-refractivity contribution < 1.29 is 12.8 Å². The molecular formula is C12H19FN2O2S2. The Balaban J connectivity index is 2.98. The van der Waals surface area contributed by atoms with Gasteiger partial charge in [0.05, 0.1) is 0 Å². The van der Waals surface area contributed by atoms with E-state index in [1.54, 1.807) is 25.6 Å². The summed E-state index contributed by atoms with van der Waals surface area (Å²) in [6.45, 7) is 5.37. The van der Waals surface area contributed by atoms with E-state index in [2.05, 4.69) is 4.72 Å². The summed E-state index contributed by atoms with van der Waals surface area (Å²) in [5, 5.41) is 0. The molecule has 0 radical (unpaired) electrons.